The molecule has 1 rings (SSSR count). The molecule has 0 amide bonds. The van der Waals surface area contributed by atoms with E-state index in [9.17, 15) is 0 Å². The molecule has 86 valence electrons. The molecule has 0 aromatic carbocycles. The van der Waals surface area contributed by atoms with Crippen molar-refractivity contribution in [2.45, 2.75) is 26.3 Å². The summed E-state index contributed by atoms with van der Waals surface area (Å²) in [5.41, 5.74) is 1.29. The van der Waals surface area contributed by atoms with Gasteiger partial charge in [-0.25, -0.2) is 4.98 Å². The van der Waals surface area contributed by atoms with Gasteiger partial charge in [0, 0.05) is 38.6 Å². The van der Waals surface area contributed by atoms with Crippen LogP contribution in [0.2, 0.25) is 0 Å². The van der Waals surface area contributed by atoms with Crippen LogP contribution in [0.25, 0.3) is 0 Å². The van der Waals surface area contributed by atoms with E-state index >= 15 is 0 Å². The molecule has 0 aliphatic rings. The first-order valence-corrected chi connectivity index (χ1v) is 5.45. The van der Waals surface area contributed by atoms with Gasteiger partial charge in [-0.1, -0.05) is 13.8 Å². The number of nitrogens with one attached hydrogen (secondary N) is 1. The van der Waals surface area contributed by atoms with Crippen molar-refractivity contribution in [1.29, 1.82) is 0 Å². The zero-order valence-electron chi connectivity index (χ0n) is 9.86. The van der Waals surface area contributed by atoms with Crippen molar-refractivity contribution in [3.8, 4) is 0 Å². The minimum Gasteiger partial charge on any atom is -0.383 e. The lowest BCUT2D eigenvalue weighted by Crippen LogP contribution is -2.24. The quantitative estimate of drug-likeness (QED) is 0.690. The topological polar surface area (TPSA) is 39.1 Å². The molecule has 0 saturated heterocycles. The van der Waals surface area contributed by atoms with Gasteiger partial charge in [0.05, 0.1) is 12.9 Å². The van der Waals surface area contributed by atoms with Crippen molar-refractivity contribution in [3.05, 3.63) is 18.2 Å². The number of ether oxygens (including phenoxy) is 1. The van der Waals surface area contributed by atoms with Crippen LogP contribution < -0.4 is 5.32 Å². The van der Waals surface area contributed by atoms with E-state index in [0.717, 1.165) is 26.2 Å². The Bertz CT molecular complexity index is 271. The summed E-state index contributed by atoms with van der Waals surface area (Å²) in [6.07, 6.45) is 3.84. The Hall–Kier alpha value is -0.870. The summed E-state index contributed by atoms with van der Waals surface area (Å²) in [5, 5.41) is 3.32. The van der Waals surface area contributed by atoms with Gasteiger partial charge in [-0.05, 0) is 5.92 Å². The molecule has 0 saturated carbocycles. The van der Waals surface area contributed by atoms with Gasteiger partial charge in [0.2, 0.25) is 0 Å². The number of hydrogen-bond donors (Lipinski definition) is 1. The first-order chi connectivity index (χ1) is 7.25. The highest BCUT2D eigenvalue weighted by atomic mass is 16.5. The normalized spacial score (nSPS) is 11.2. The van der Waals surface area contributed by atoms with Crippen molar-refractivity contribution < 1.29 is 4.74 Å². The molecule has 0 aliphatic carbocycles. The molecule has 0 fully saturated rings. The summed E-state index contributed by atoms with van der Waals surface area (Å²) >= 11 is 0. The van der Waals surface area contributed by atoms with Crippen molar-refractivity contribution in [1.82, 2.24) is 14.9 Å². The summed E-state index contributed by atoms with van der Waals surface area (Å²) in [6.45, 7) is 7.97. The molecule has 1 aromatic heterocycles. The van der Waals surface area contributed by atoms with Crippen molar-refractivity contribution in [2.24, 2.45) is 0 Å². The Balaban J connectivity index is 2.28. The van der Waals surface area contributed by atoms with Crippen LogP contribution in [0.1, 0.15) is 25.5 Å². The van der Waals surface area contributed by atoms with Gasteiger partial charge in [0.1, 0.15) is 0 Å². The Kier molecular flexibility index (Phi) is 5.36. The maximum atomic E-state index is 4.96. The largest absolute Gasteiger partial charge is 0.383 e. The van der Waals surface area contributed by atoms with Crippen molar-refractivity contribution in [2.75, 3.05) is 26.8 Å². The molecule has 4 nitrogen and oxygen atoms in total. The van der Waals surface area contributed by atoms with Crippen LogP contribution in [0.15, 0.2) is 12.5 Å². The maximum absolute atomic E-state index is 4.96. The zero-order valence-corrected chi connectivity index (χ0v) is 9.86. The molecular weight excluding hydrogens is 190 g/mol. The van der Waals surface area contributed by atoms with Crippen LogP contribution in [0.3, 0.4) is 0 Å². The lowest BCUT2D eigenvalue weighted by molar-refractivity contribution is 0.199. The summed E-state index contributed by atoms with van der Waals surface area (Å²) in [4.78, 5) is 4.17. The van der Waals surface area contributed by atoms with E-state index in [1.54, 1.807) is 7.11 Å². The minimum atomic E-state index is 0.534. The average Bonchev–Trinajstić information content (AvgIpc) is 2.66. The van der Waals surface area contributed by atoms with E-state index in [2.05, 4.69) is 28.7 Å². The third-order valence-corrected chi connectivity index (χ3v) is 2.35. The summed E-state index contributed by atoms with van der Waals surface area (Å²) in [6, 6.07) is 0. The van der Waals surface area contributed by atoms with Crippen LogP contribution in [0.5, 0.6) is 0 Å². The van der Waals surface area contributed by atoms with Crippen LogP contribution in [-0.2, 0) is 11.3 Å². The first kappa shape index (κ1) is 12.2. The molecule has 0 spiro atoms. The third-order valence-electron chi connectivity index (χ3n) is 2.35. The molecule has 15 heavy (non-hydrogen) atoms. The highest BCUT2D eigenvalue weighted by Gasteiger charge is 2.04. The monoisotopic (exact) mass is 211 g/mol. The van der Waals surface area contributed by atoms with Gasteiger partial charge < -0.3 is 14.6 Å². The second kappa shape index (κ2) is 6.58. The smallest absolute Gasteiger partial charge is 0.0948 e. The zero-order chi connectivity index (χ0) is 11.1. The van der Waals surface area contributed by atoms with Gasteiger partial charge in [-0.3, -0.25) is 0 Å². The van der Waals surface area contributed by atoms with E-state index < -0.39 is 0 Å². The molecule has 1 aromatic rings. The highest BCUT2D eigenvalue weighted by molar-refractivity contribution is 5.03. The fourth-order valence-corrected chi connectivity index (χ4v) is 1.50. The highest BCUT2D eigenvalue weighted by Crippen LogP contribution is 2.12. The predicted molar refractivity (Wildman–Crippen MR) is 61.1 cm³/mol. The van der Waals surface area contributed by atoms with Crippen LogP contribution in [0, 0.1) is 0 Å². The van der Waals surface area contributed by atoms with E-state index in [0.29, 0.717) is 5.92 Å². The number of hydrogen-bond acceptors (Lipinski definition) is 3. The van der Waals surface area contributed by atoms with Gasteiger partial charge in [-0.15, -0.1) is 0 Å². The number of methoxy groups -OCH3 is 1. The summed E-state index contributed by atoms with van der Waals surface area (Å²) in [7, 11) is 1.72. The van der Waals surface area contributed by atoms with Gasteiger partial charge in [0.15, 0.2) is 0 Å². The molecule has 0 bridgehead atoms. The second-order valence-corrected chi connectivity index (χ2v) is 3.91. The molecule has 0 aliphatic heterocycles. The fourth-order valence-electron chi connectivity index (χ4n) is 1.50. The summed E-state index contributed by atoms with van der Waals surface area (Å²) in [5.74, 6) is 0.534. The molecule has 1 N–H and O–H groups in total. The van der Waals surface area contributed by atoms with Crippen LogP contribution in [0.4, 0.5) is 0 Å². The Morgan fingerprint density at radius 1 is 1.47 bits per heavy atom. The second-order valence-electron chi connectivity index (χ2n) is 3.91. The van der Waals surface area contributed by atoms with E-state index in [1.807, 2.05) is 12.5 Å². The number of nitrogens with zero attached hydrogens (tertiary/aromatic N) is 2. The third kappa shape index (κ3) is 4.01. The molecular formula is C11H21N3O. The van der Waals surface area contributed by atoms with Gasteiger partial charge >= 0.3 is 0 Å². The Labute approximate surface area is 91.7 Å². The van der Waals surface area contributed by atoms with Crippen LogP contribution in [-0.4, -0.2) is 36.4 Å². The van der Waals surface area contributed by atoms with E-state index in [4.69, 9.17) is 4.74 Å². The van der Waals surface area contributed by atoms with Crippen molar-refractivity contribution in [3.63, 3.8) is 0 Å². The predicted octanol–water partition coefficient (Wildman–Crippen LogP) is 1.24. The molecule has 0 atom stereocenters. The maximum Gasteiger partial charge on any atom is 0.0948 e. The SMILES string of the molecule is COCCNCCn1cncc1C(C)C. The van der Waals surface area contributed by atoms with E-state index in [1.165, 1.54) is 5.69 Å². The van der Waals surface area contributed by atoms with Crippen LogP contribution >= 0.6 is 0 Å². The van der Waals surface area contributed by atoms with Gasteiger partial charge in [0.25, 0.3) is 0 Å². The number of imidazole rings is 1. The average molecular weight is 211 g/mol. The first-order valence-electron chi connectivity index (χ1n) is 5.45. The summed E-state index contributed by atoms with van der Waals surface area (Å²) < 4.78 is 7.16. The lowest BCUT2D eigenvalue weighted by atomic mass is 10.1. The minimum absolute atomic E-state index is 0.534. The number of aromatic nitrogens is 2. The molecule has 0 radical (unpaired) electrons. The molecule has 1 heterocycles. The molecule has 4 heteroatoms. The van der Waals surface area contributed by atoms with Crippen molar-refractivity contribution >= 4 is 0 Å². The Morgan fingerprint density at radius 2 is 2.27 bits per heavy atom. The Morgan fingerprint density at radius 3 is 2.93 bits per heavy atom. The fraction of sp³-hybridized carbons (Fsp3) is 0.727. The van der Waals surface area contributed by atoms with E-state index in [-0.39, 0.29) is 0 Å². The van der Waals surface area contributed by atoms with Gasteiger partial charge in [-0.2, -0.15) is 0 Å². The molecule has 0 unspecified atom stereocenters. The lowest BCUT2D eigenvalue weighted by Gasteiger charge is -2.11. The number of rotatable bonds is 7. The standard InChI is InChI=1S/C11H21N3O/c1-10(2)11-8-13-9-14(11)6-4-12-5-7-15-3/h8-10,12H,4-7H2,1-3H3.